The number of piperazine rings is 1. The van der Waals surface area contributed by atoms with E-state index in [1.165, 1.54) is 21.6 Å². The third-order valence-corrected chi connectivity index (χ3v) is 6.80. The molecule has 6 heteroatoms. The van der Waals surface area contributed by atoms with Crippen LogP contribution in [0, 0.1) is 0 Å². The van der Waals surface area contributed by atoms with Crippen LogP contribution >= 0.6 is 11.3 Å². The maximum absolute atomic E-state index is 13.4. The lowest BCUT2D eigenvalue weighted by Gasteiger charge is -2.35. The van der Waals surface area contributed by atoms with Crippen LogP contribution in [0.1, 0.15) is 32.7 Å². The third-order valence-electron chi connectivity index (χ3n) is 5.61. The summed E-state index contributed by atoms with van der Waals surface area (Å²) in [5.41, 5.74) is 3.99. The number of carbonyl (C=O) groups excluding carboxylic acids is 1. The number of imidazole rings is 1. The van der Waals surface area contributed by atoms with Gasteiger partial charge in [-0.05, 0) is 35.6 Å². The van der Waals surface area contributed by atoms with Crippen molar-refractivity contribution in [1.82, 2.24) is 19.8 Å². The van der Waals surface area contributed by atoms with E-state index in [-0.39, 0.29) is 11.9 Å². The fourth-order valence-electron chi connectivity index (χ4n) is 4.19. The molecule has 0 spiro atoms. The molecule has 1 aromatic carbocycles. The van der Waals surface area contributed by atoms with Gasteiger partial charge in [0.15, 0.2) is 0 Å². The van der Waals surface area contributed by atoms with Crippen molar-refractivity contribution in [2.45, 2.75) is 18.9 Å². The number of amides is 1. The molecular weight excluding hydrogens is 356 g/mol. The number of nitrogens with one attached hydrogen (secondary N) is 1. The molecule has 0 bridgehead atoms. The Morgan fingerprint density at radius 2 is 2.11 bits per heavy atom. The Morgan fingerprint density at radius 1 is 1.26 bits per heavy atom. The van der Waals surface area contributed by atoms with E-state index in [4.69, 9.17) is 0 Å². The van der Waals surface area contributed by atoms with Gasteiger partial charge in [-0.3, -0.25) is 4.79 Å². The van der Waals surface area contributed by atoms with Gasteiger partial charge in [-0.1, -0.05) is 24.3 Å². The van der Waals surface area contributed by atoms with Gasteiger partial charge in [0.2, 0.25) is 0 Å². The lowest BCUT2D eigenvalue weighted by Crippen LogP contribution is -2.49. The average molecular weight is 379 g/mol. The standard InChI is InChI=1S/C21H22N4OS/c1-24-10-9-23-20(24)17-13-22-8-11-25(17)21(26)18-12-15-7-6-14-4-2-3-5-16(14)19(15)27-18/h2-5,9-10,12,17,22H,6-8,11,13H2,1H3. The smallest absolute Gasteiger partial charge is 0.264 e. The molecule has 5 rings (SSSR count). The highest BCUT2D eigenvalue weighted by atomic mass is 32.1. The minimum atomic E-state index is -0.0299. The molecule has 0 radical (unpaired) electrons. The Hall–Kier alpha value is -2.44. The summed E-state index contributed by atoms with van der Waals surface area (Å²) in [4.78, 5) is 22.0. The van der Waals surface area contributed by atoms with Crippen molar-refractivity contribution in [3.05, 3.63) is 64.6 Å². The molecule has 138 valence electrons. The summed E-state index contributed by atoms with van der Waals surface area (Å²) in [6.45, 7) is 2.26. The van der Waals surface area contributed by atoms with Crippen molar-refractivity contribution in [2.75, 3.05) is 19.6 Å². The normalized spacial score (nSPS) is 18.9. The summed E-state index contributed by atoms with van der Waals surface area (Å²) >= 11 is 1.64. The lowest BCUT2D eigenvalue weighted by atomic mass is 9.91. The molecule has 3 heterocycles. The maximum Gasteiger partial charge on any atom is 0.264 e. The van der Waals surface area contributed by atoms with Gasteiger partial charge in [-0.2, -0.15) is 0 Å². The number of carbonyl (C=O) groups is 1. The number of aryl methyl sites for hydroxylation is 3. The van der Waals surface area contributed by atoms with Gasteiger partial charge in [0.1, 0.15) is 11.9 Å². The Morgan fingerprint density at radius 3 is 2.96 bits per heavy atom. The molecule has 3 aromatic rings. The van der Waals surface area contributed by atoms with E-state index in [1.807, 2.05) is 22.7 Å². The monoisotopic (exact) mass is 378 g/mol. The second-order valence-electron chi connectivity index (χ2n) is 7.24. The zero-order valence-electron chi connectivity index (χ0n) is 15.3. The molecule has 1 atom stereocenters. The van der Waals surface area contributed by atoms with Crippen molar-refractivity contribution >= 4 is 17.2 Å². The highest BCUT2D eigenvalue weighted by Crippen LogP contribution is 2.40. The van der Waals surface area contributed by atoms with Crippen molar-refractivity contribution in [2.24, 2.45) is 7.05 Å². The van der Waals surface area contributed by atoms with Crippen LogP contribution in [0.2, 0.25) is 0 Å². The number of rotatable bonds is 2. The topological polar surface area (TPSA) is 50.2 Å². The Labute approximate surface area is 162 Å². The van der Waals surface area contributed by atoms with E-state index in [9.17, 15) is 4.79 Å². The summed E-state index contributed by atoms with van der Waals surface area (Å²) in [6, 6.07) is 10.7. The first kappa shape index (κ1) is 16.7. The van der Waals surface area contributed by atoms with E-state index in [0.717, 1.165) is 36.6 Å². The fraction of sp³-hybridized carbons (Fsp3) is 0.333. The average Bonchev–Trinajstić information content (AvgIpc) is 3.33. The van der Waals surface area contributed by atoms with Gasteiger partial charge in [-0.15, -0.1) is 11.3 Å². The Bertz CT molecular complexity index is 1010. The van der Waals surface area contributed by atoms with Crippen LogP contribution in [-0.2, 0) is 19.9 Å². The molecule has 1 fully saturated rings. The van der Waals surface area contributed by atoms with Gasteiger partial charge in [0, 0.05) is 44.0 Å². The SMILES string of the molecule is Cn1ccnc1C1CNCCN1C(=O)c1cc2c(s1)-c1ccccc1CC2. The van der Waals surface area contributed by atoms with Crippen LogP contribution in [-0.4, -0.2) is 40.0 Å². The molecule has 1 amide bonds. The number of hydrogen-bond acceptors (Lipinski definition) is 4. The van der Waals surface area contributed by atoms with Crippen molar-refractivity contribution in [1.29, 1.82) is 0 Å². The quantitative estimate of drug-likeness (QED) is 0.746. The van der Waals surface area contributed by atoms with E-state index >= 15 is 0 Å². The highest BCUT2D eigenvalue weighted by molar-refractivity contribution is 7.17. The zero-order valence-corrected chi connectivity index (χ0v) is 16.1. The van der Waals surface area contributed by atoms with E-state index in [2.05, 4.69) is 40.6 Å². The van der Waals surface area contributed by atoms with Crippen molar-refractivity contribution in [3.63, 3.8) is 0 Å². The molecule has 1 aliphatic carbocycles. The van der Waals surface area contributed by atoms with Crippen molar-refractivity contribution < 1.29 is 4.79 Å². The summed E-state index contributed by atoms with van der Waals surface area (Å²) in [5.74, 6) is 1.06. The van der Waals surface area contributed by atoms with E-state index < -0.39 is 0 Å². The largest absolute Gasteiger partial charge is 0.336 e. The highest BCUT2D eigenvalue weighted by Gasteiger charge is 2.32. The molecule has 1 saturated heterocycles. The maximum atomic E-state index is 13.4. The van der Waals surface area contributed by atoms with Crippen LogP contribution in [0.3, 0.4) is 0 Å². The first-order valence-corrected chi connectivity index (χ1v) is 10.2. The molecule has 5 nitrogen and oxygen atoms in total. The number of aromatic nitrogens is 2. The lowest BCUT2D eigenvalue weighted by molar-refractivity contribution is 0.0626. The second kappa shape index (κ2) is 6.62. The minimum absolute atomic E-state index is 0.0299. The summed E-state index contributed by atoms with van der Waals surface area (Å²) in [7, 11) is 1.99. The van der Waals surface area contributed by atoms with Gasteiger partial charge in [0.05, 0.1) is 4.88 Å². The molecule has 1 N–H and O–H groups in total. The van der Waals surface area contributed by atoms with Gasteiger partial charge in [-0.25, -0.2) is 4.98 Å². The Balaban J connectivity index is 1.49. The molecular formula is C21H22N4OS. The van der Waals surface area contributed by atoms with Crippen LogP contribution < -0.4 is 5.32 Å². The number of benzene rings is 1. The van der Waals surface area contributed by atoms with Crippen LogP contribution in [0.5, 0.6) is 0 Å². The molecule has 2 aliphatic rings. The molecule has 2 aromatic heterocycles. The fourth-order valence-corrected chi connectivity index (χ4v) is 5.42. The molecule has 27 heavy (non-hydrogen) atoms. The summed E-state index contributed by atoms with van der Waals surface area (Å²) < 4.78 is 2.01. The van der Waals surface area contributed by atoms with Crippen LogP contribution in [0.25, 0.3) is 10.4 Å². The molecule has 1 unspecified atom stereocenters. The van der Waals surface area contributed by atoms with Crippen LogP contribution in [0.4, 0.5) is 0 Å². The third kappa shape index (κ3) is 2.80. The number of nitrogens with zero attached hydrogens (tertiary/aromatic N) is 3. The first-order chi connectivity index (χ1) is 13.2. The minimum Gasteiger partial charge on any atom is -0.336 e. The number of fused-ring (bicyclic) bond motifs is 3. The predicted molar refractivity (Wildman–Crippen MR) is 107 cm³/mol. The summed E-state index contributed by atoms with van der Waals surface area (Å²) in [6.07, 6.45) is 5.80. The number of hydrogen-bond donors (Lipinski definition) is 1. The zero-order chi connectivity index (χ0) is 18.4. The van der Waals surface area contributed by atoms with Gasteiger partial charge < -0.3 is 14.8 Å². The molecule has 1 aliphatic heterocycles. The second-order valence-corrected chi connectivity index (χ2v) is 8.29. The first-order valence-electron chi connectivity index (χ1n) is 9.42. The predicted octanol–water partition coefficient (Wildman–Crippen LogP) is 3.03. The number of thiophene rings is 1. The Kier molecular flexibility index (Phi) is 4.10. The van der Waals surface area contributed by atoms with Crippen molar-refractivity contribution in [3.8, 4) is 10.4 Å². The van der Waals surface area contributed by atoms with Crippen LogP contribution in [0.15, 0.2) is 42.7 Å². The van der Waals surface area contributed by atoms with E-state index in [0.29, 0.717) is 6.54 Å². The summed E-state index contributed by atoms with van der Waals surface area (Å²) in [5, 5.41) is 3.40. The van der Waals surface area contributed by atoms with E-state index in [1.54, 1.807) is 17.5 Å². The van der Waals surface area contributed by atoms with Gasteiger partial charge in [0.25, 0.3) is 5.91 Å². The van der Waals surface area contributed by atoms with Gasteiger partial charge >= 0.3 is 0 Å². The molecule has 0 saturated carbocycles.